The first-order valence-electron chi connectivity index (χ1n) is 16.2. The molecule has 1 N–H and O–H groups in total. The minimum Gasteiger partial charge on any atom is -0.486 e. The quantitative estimate of drug-likeness (QED) is 0.391. The highest BCUT2D eigenvalue weighted by atomic mass is 16.5. The number of likely N-dealkylation sites (tertiary alicyclic amines) is 1. The van der Waals surface area contributed by atoms with Crippen molar-refractivity contribution in [1.29, 1.82) is 0 Å². The second kappa shape index (κ2) is 11.8. The lowest BCUT2D eigenvalue weighted by Gasteiger charge is -2.35. The molecule has 12 nitrogen and oxygen atoms in total. The first-order valence-corrected chi connectivity index (χ1v) is 16.2. The van der Waals surface area contributed by atoms with Gasteiger partial charge in [0.05, 0.1) is 6.20 Å². The van der Waals surface area contributed by atoms with E-state index in [0.717, 1.165) is 37.1 Å². The first-order chi connectivity index (χ1) is 22.5. The van der Waals surface area contributed by atoms with E-state index in [9.17, 15) is 14.4 Å². The largest absolute Gasteiger partial charge is 0.486 e. The number of aryl methyl sites for hydroxylation is 1. The molecule has 0 bridgehead atoms. The molecule has 3 aromatic heterocycles. The molecule has 246 valence electrons. The summed E-state index contributed by atoms with van der Waals surface area (Å²) < 4.78 is 15.2. The highest BCUT2D eigenvalue weighted by Crippen LogP contribution is 2.39. The predicted molar refractivity (Wildman–Crippen MR) is 178 cm³/mol. The number of ether oxygens (including phenoxy) is 2. The van der Waals surface area contributed by atoms with Crippen LogP contribution in [0.5, 0.6) is 5.75 Å². The van der Waals surface area contributed by atoms with Crippen molar-refractivity contribution < 1.29 is 19.1 Å². The molecule has 3 aliphatic heterocycles. The lowest BCUT2D eigenvalue weighted by atomic mass is 9.90. The number of amides is 1. The molecule has 7 rings (SSSR count). The Balaban J connectivity index is 1.19. The molecule has 0 aromatic carbocycles. The maximum atomic E-state index is 14.0. The van der Waals surface area contributed by atoms with Crippen LogP contribution in [0.2, 0.25) is 0 Å². The second-order valence-corrected chi connectivity index (χ2v) is 13.8. The van der Waals surface area contributed by atoms with Crippen LogP contribution in [0.4, 0.5) is 11.5 Å². The molecule has 0 saturated carbocycles. The van der Waals surface area contributed by atoms with Crippen LogP contribution < -0.4 is 15.6 Å². The molecule has 12 heteroatoms. The highest BCUT2D eigenvalue weighted by Gasteiger charge is 2.39. The van der Waals surface area contributed by atoms with Crippen LogP contribution in [0.15, 0.2) is 52.0 Å². The topological polar surface area (TPSA) is 123 Å². The average molecular weight is 640 g/mol. The molecular weight excluding hydrogens is 598 g/mol. The fraction of sp³-hybridized carbons (Fsp3) is 0.457. The van der Waals surface area contributed by atoms with Gasteiger partial charge in [-0.25, -0.2) is 4.98 Å². The van der Waals surface area contributed by atoms with Crippen molar-refractivity contribution in [2.45, 2.75) is 52.7 Å². The van der Waals surface area contributed by atoms with Crippen LogP contribution in [0.3, 0.4) is 0 Å². The van der Waals surface area contributed by atoms with Gasteiger partial charge in [0.1, 0.15) is 41.5 Å². The number of amidine groups is 1. The van der Waals surface area contributed by atoms with E-state index >= 15 is 0 Å². The average Bonchev–Trinajstić information content (AvgIpc) is 3.50. The molecule has 3 aromatic rings. The molecule has 0 radical (unpaired) electrons. The Morgan fingerprint density at radius 1 is 1.11 bits per heavy atom. The highest BCUT2D eigenvalue weighted by molar-refractivity contribution is 6.16. The Morgan fingerprint density at radius 3 is 2.64 bits per heavy atom. The molecule has 47 heavy (non-hydrogen) atoms. The molecule has 0 atom stereocenters. The summed E-state index contributed by atoms with van der Waals surface area (Å²) in [6.45, 7) is 9.20. The van der Waals surface area contributed by atoms with E-state index in [2.05, 4.69) is 33.6 Å². The van der Waals surface area contributed by atoms with Gasteiger partial charge in [-0.3, -0.25) is 29.2 Å². The zero-order valence-electron chi connectivity index (χ0n) is 27.6. The minimum atomic E-state index is -0.426. The van der Waals surface area contributed by atoms with E-state index in [4.69, 9.17) is 14.5 Å². The number of likely N-dealkylation sites (N-methyl/N-ethyl adjacent to an activating group) is 1. The number of esters is 1. The summed E-state index contributed by atoms with van der Waals surface area (Å²) in [7, 11) is 3.75. The second-order valence-electron chi connectivity index (χ2n) is 13.8. The zero-order valence-corrected chi connectivity index (χ0v) is 27.6. The van der Waals surface area contributed by atoms with Gasteiger partial charge in [0.2, 0.25) is 0 Å². The third-order valence-corrected chi connectivity index (χ3v) is 9.42. The fourth-order valence-corrected chi connectivity index (χ4v) is 7.20. The molecule has 1 saturated heterocycles. The Kier molecular flexibility index (Phi) is 7.78. The Labute approximate surface area is 273 Å². The molecule has 4 aliphatic rings. The minimum absolute atomic E-state index is 0.0373. The van der Waals surface area contributed by atoms with Crippen LogP contribution in [0.1, 0.15) is 54.5 Å². The maximum Gasteiger partial charge on any atom is 0.302 e. The van der Waals surface area contributed by atoms with Crippen LogP contribution in [-0.4, -0.2) is 87.6 Å². The summed E-state index contributed by atoms with van der Waals surface area (Å²) in [6, 6.07) is 7.46. The molecule has 0 spiro atoms. The van der Waals surface area contributed by atoms with E-state index in [0.29, 0.717) is 60.4 Å². The third kappa shape index (κ3) is 5.97. The van der Waals surface area contributed by atoms with Crippen LogP contribution >= 0.6 is 0 Å². The summed E-state index contributed by atoms with van der Waals surface area (Å²) in [5, 5.41) is 3.18. The first kappa shape index (κ1) is 30.9. The van der Waals surface area contributed by atoms with Gasteiger partial charge in [-0.2, -0.15) is 0 Å². The van der Waals surface area contributed by atoms with E-state index in [1.54, 1.807) is 36.5 Å². The number of aromatic nitrogens is 3. The van der Waals surface area contributed by atoms with Gasteiger partial charge in [-0.15, -0.1) is 0 Å². The summed E-state index contributed by atoms with van der Waals surface area (Å²) in [5.74, 6) is 1.18. The number of rotatable bonds is 7. The van der Waals surface area contributed by atoms with E-state index in [-0.39, 0.29) is 29.6 Å². The standard InChI is InChI=1S/C35H41N7O5/c1-21(43)46-20-27-26(8-9-36-32(27)42-11-10-41-29(34(42)45)13-22-14-35(2,3)15-30(22)41)23-12-28(33(44)40(5)17-23)38-31-7-6-24(16-37-31)47-25-18-39(4)19-25/h6-7,12-13,16-17,25H,8-11,14-15,18-20H2,1-5H3,(H,37,38). The smallest absolute Gasteiger partial charge is 0.302 e. The number of nitrogens with one attached hydrogen (secondary N) is 1. The fourth-order valence-electron chi connectivity index (χ4n) is 7.20. The van der Waals surface area contributed by atoms with Gasteiger partial charge in [0, 0.05) is 64.2 Å². The van der Waals surface area contributed by atoms with Crippen molar-refractivity contribution in [3.8, 4) is 5.75 Å². The van der Waals surface area contributed by atoms with E-state index in [1.807, 2.05) is 19.2 Å². The number of carbonyl (C=O) groups is 2. The van der Waals surface area contributed by atoms with E-state index < -0.39 is 5.97 Å². The normalized spacial score (nSPS) is 19.2. The van der Waals surface area contributed by atoms with Gasteiger partial charge in [0.15, 0.2) is 0 Å². The molecular formula is C35H41N7O5. The molecule has 1 aliphatic carbocycles. The van der Waals surface area contributed by atoms with Crippen molar-refractivity contribution in [2.75, 3.05) is 45.2 Å². The lowest BCUT2D eigenvalue weighted by Crippen LogP contribution is -2.51. The van der Waals surface area contributed by atoms with Crippen LogP contribution in [-0.2, 0) is 36.0 Å². The maximum absolute atomic E-state index is 14.0. The van der Waals surface area contributed by atoms with Gasteiger partial charge in [-0.05, 0) is 72.7 Å². The number of aliphatic imine (C=N–C) groups is 1. The predicted octanol–water partition coefficient (Wildman–Crippen LogP) is 3.42. The number of carbonyl (C=O) groups excluding carboxylic acids is 2. The van der Waals surface area contributed by atoms with Crippen molar-refractivity contribution in [1.82, 2.24) is 23.9 Å². The molecule has 1 fully saturated rings. The Bertz CT molecular complexity index is 1880. The third-order valence-electron chi connectivity index (χ3n) is 9.42. The lowest BCUT2D eigenvalue weighted by molar-refractivity contribution is -0.139. The number of hydrogen-bond acceptors (Lipinski definition) is 9. The monoisotopic (exact) mass is 639 g/mol. The van der Waals surface area contributed by atoms with Crippen LogP contribution in [0, 0.1) is 5.41 Å². The number of pyridine rings is 2. The number of nitrogens with zero attached hydrogens (tertiary/aromatic N) is 6. The Hall–Kier alpha value is -4.71. The van der Waals surface area contributed by atoms with Crippen molar-refractivity contribution in [2.24, 2.45) is 17.5 Å². The zero-order chi connectivity index (χ0) is 33.0. The number of hydrogen-bond donors (Lipinski definition) is 1. The Morgan fingerprint density at radius 2 is 1.91 bits per heavy atom. The number of dihydropyridines is 1. The summed E-state index contributed by atoms with van der Waals surface area (Å²) >= 11 is 0. The van der Waals surface area contributed by atoms with Gasteiger partial charge in [0.25, 0.3) is 11.5 Å². The molecule has 0 unspecified atom stereocenters. The number of anilines is 2. The van der Waals surface area contributed by atoms with Crippen molar-refractivity contribution >= 4 is 34.8 Å². The van der Waals surface area contributed by atoms with E-state index in [1.165, 1.54) is 22.7 Å². The van der Waals surface area contributed by atoms with Gasteiger partial charge >= 0.3 is 5.97 Å². The molecule has 1 amide bonds. The van der Waals surface area contributed by atoms with Crippen molar-refractivity contribution in [3.05, 3.63) is 75.1 Å². The number of fused-ring (bicyclic) bond motifs is 3. The van der Waals surface area contributed by atoms with Crippen LogP contribution in [0.25, 0.3) is 5.57 Å². The summed E-state index contributed by atoms with van der Waals surface area (Å²) in [4.78, 5) is 52.5. The molecule has 6 heterocycles. The SMILES string of the molecule is CC(=O)OCC1=C(c2cc(Nc3ccc(OC4CN(C)C4)cn3)c(=O)n(C)c2)CCN=C1N1CCn2c(cc3c2CC(C)(C)C3)C1=O. The summed E-state index contributed by atoms with van der Waals surface area (Å²) in [6.07, 6.45) is 6.04. The summed E-state index contributed by atoms with van der Waals surface area (Å²) in [5.41, 5.74) is 5.81. The van der Waals surface area contributed by atoms with Gasteiger partial charge < -0.3 is 23.9 Å². The van der Waals surface area contributed by atoms with Gasteiger partial charge in [-0.1, -0.05) is 13.8 Å². The van der Waals surface area contributed by atoms with Crippen molar-refractivity contribution in [3.63, 3.8) is 0 Å².